The van der Waals surface area contributed by atoms with Crippen LogP contribution in [-0.2, 0) is 19.1 Å². The van der Waals surface area contributed by atoms with E-state index in [4.69, 9.17) is 11.7 Å². The van der Waals surface area contributed by atoms with Crippen LogP contribution in [0.4, 0.5) is 8.78 Å². The van der Waals surface area contributed by atoms with Gasteiger partial charge in [-0.2, -0.15) is 24.2 Å². The number of nitrogens with zero attached hydrogens (tertiary/aromatic N) is 4. The predicted molar refractivity (Wildman–Crippen MR) is 103 cm³/mol. The minimum Gasteiger partial charge on any atom is -0.392 e. The second-order valence-corrected chi connectivity index (χ2v) is 6.38. The Labute approximate surface area is 165 Å². The molecule has 0 spiro atoms. The highest BCUT2D eigenvalue weighted by Gasteiger charge is 2.39. The van der Waals surface area contributed by atoms with Crippen LogP contribution in [0, 0.1) is 18.3 Å². The van der Waals surface area contributed by atoms with Crippen molar-refractivity contribution in [2.75, 3.05) is 0 Å². The number of alkyl halides is 2. The number of nitrogens with two attached hydrogens (primary N) is 2. The van der Waals surface area contributed by atoms with Gasteiger partial charge < -0.3 is 16.4 Å². The van der Waals surface area contributed by atoms with Gasteiger partial charge in [-0.25, -0.2) is 5.84 Å². The fourth-order valence-electron chi connectivity index (χ4n) is 3.23. The maximum Gasteiger partial charge on any atom is 0.332 e. The number of halogens is 2. The molecule has 8 nitrogen and oxygen atoms in total. The van der Waals surface area contributed by atoms with Crippen LogP contribution in [0.5, 0.6) is 0 Å². The summed E-state index contributed by atoms with van der Waals surface area (Å²) in [5, 5.41) is 27.1. The number of rotatable bonds is 5. The number of nitrogens with one attached hydrogen (secondary N) is 1. The Morgan fingerprint density at radius 3 is 2.76 bits per heavy atom. The van der Waals surface area contributed by atoms with Gasteiger partial charge in [0.1, 0.15) is 0 Å². The number of hydrogen-bond donors (Lipinski definition) is 4. The Balaban J connectivity index is 2.15. The molecule has 3 aromatic rings. The van der Waals surface area contributed by atoms with Crippen LogP contribution in [0.3, 0.4) is 0 Å². The van der Waals surface area contributed by atoms with E-state index >= 15 is 0 Å². The van der Waals surface area contributed by atoms with E-state index in [1.807, 2.05) is 5.43 Å². The number of amidine groups is 1. The van der Waals surface area contributed by atoms with E-state index < -0.39 is 11.8 Å². The minimum atomic E-state index is -3.54. The van der Waals surface area contributed by atoms with Gasteiger partial charge >= 0.3 is 5.92 Å². The molecule has 0 atom stereocenters. The van der Waals surface area contributed by atoms with Crippen molar-refractivity contribution in [2.24, 2.45) is 16.8 Å². The van der Waals surface area contributed by atoms with E-state index in [-0.39, 0.29) is 18.7 Å². The molecule has 2 aromatic carbocycles. The van der Waals surface area contributed by atoms with E-state index in [0.717, 1.165) is 0 Å². The van der Waals surface area contributed by atoms with Gasteiger partial charge in [0.2, 0.25) is 5.84 Å². The van der Waals surface area contributed by atoms with Gasteiger partial charge in [-0.15, -0.1) is 0 Å². The number of aliphatic hydroxyl groups is 1. The molecule has 0 aliphatic carbocycles. The molecule has 3 rings (SSSR count). The lowest BCUT2D eigenvalue weighted by Crippen LogP contribution is -2.43. The first-order chi connectivity index (χ1) is 13.9. The third kappa shape index (κ3) is 3.49. The lowest BCUT2D eigenvalue weighted by Gasteiger charge is -2.18. The summed E-state index contributed by atoms with van der Waals surface area (Å²) in [6.07, 6.45) is 0. The molecule has 0 aliphatic rings. The standard InChI is InChI=1S/C19H19F2N7O/c1-11-15-6-5-14(19(20,21)18(25-23)26-24)7-17(15)28(27-11)9-16-12(8-22)3-2-4-13(16)10-29/h2-7,29H,9-10,23-24H2,1H3,(H,25,26). The smallest absolute Gasteiger partial charge is 0.332 e. The largest absolute Gasteiger partial charge is 0.392 e. The summed E-state index contributed by atoms with van der Waals surface area (Å²) in [7, 11) is 0. The van der Waals surface area contributed by atoms with Crippen LogP contribution in [-0.4, -0.2) is 20.7 Å². The molecular formula is C19H19F2N7O. The zero-order chi connectivity index (χ0) is 21.2. The molecular weight excluding hydrogens is 380 g/mol. The highest BCUT2D eigenvalue weighted by Crippen LogP contribution is 2.32. The molecule has 0 amide bonds. The minimum absolute atomic E-state index is 0.131. The van der Waals surface area contributed by atoms with E-state index in [1.165, 1.54) is 22.9 Å². The first-order valence-corrected chi connectivity index (χ1v) is 8.59. The van der Waals surface area contributed by atoms with Crippen LogP contribution in [0.25, 0.3) is 10.9 Å². The molecule has 10 heteroatoms. The van der Waals surface area contributed by atoms with Crippen LogP contribution < -0.4 is 17.1 Å². The molecule has 0 saturated carbocycles. The van der Waals surface area contributed by atoms with Crippen molar-refractivity contribution in [3.63, 3.8) is 0 Å². The number of hydrogen-bond acceptors (Lipinski definition) is 6. The third-order valence-electron chi connectivity index (χ3n) is 4.73. The lowest BCUT2D eigenvalue weighted by molar-refractivity contribution is 0.0714. The van der Waals surface area contributed by atoms with Crippen LogP contribution in [0.1, 0.15) is 27.9 Å². The number of aliphatic hydroxyl groups excluding tert-OH is 1. The summed E-state index contributed by atoms with van der Waals surface area (Å²) < 4.78 is 30.9. The van der Waals surface area contributed by atoms with Crippen molar-refractivity contribution in [3.8, 4) is 6.07 Å². The Kier molecular flexibility index (Phi) is 5.45. The number of fused-ring (bicyclic) bond motifs is 1. The van der Waals surface area contributed by atoms with Gasteiger partial charge in [0.25, 0.3) is 0 Å². The number of nitriles is 1. The van der Waals surface area contributed by atoms with Gasteiger partial charge in [0, 0.05) is 10.9 Å². The molecule has 0 fully saturated rings. The first-order valence-electron chi connectivity index (χ1n) is 8.59. The van der Waals surface area contributed by atoms with E-state index in [2.05, 4.69) is 16.3 Å². The number of benzene rings is 2. The van der Waals surface area contributed by atoms with Crippen molar-refractivity contribution >= 4 is 16.7 Å². The maximum atomic E-state index is 14.7. The number of hydrazine groups is 1. The zero-order valence-corrected chi connectivity index (χ0v) is 15.5. The predicted octanol–water partition coefficient (Wildman–Crippen LogP) is 1.58. The van der Waals surface area contributed by atoms with E-state index in [0.29, 0.717) is 33.3 Å². The first kappa shape index (κ1) is 20.2. The lowest BCUT2D eigenvalue weighted by atomic mass is 10.0. The van der Waals surface area contributed by atoms with Gasteiger partial charge in [-0.1, -0.05) is 24.3 Å². The van der Waals surface area contributed by atoms with Crippen molar-refractivity contribution in [3.05, 3.63) is 64.3 Å². The second-order valence-electron chi connectivity index (χ2n) is 6.38. The van der Waals surface area contributed by atoms with Crippen LogP contribution >= 0.6 is 0 Å². The number of aromatic nitrogens is 2. The maximum absolute atomic E-state index is 14.7. The Morgan fingerprint density at radius 1 is 1.38 bits per heavy atom. The van der Waals surface area contributed by atoms with Crippen molar-refractivity contribution in [1.29, 1.82) is 5.26 Å². The molecule has 0 unspecified atom stereocenters. The molecule has 0 aliphatic heterocycles. The Hall–Kier alpha value is -3.55. The molecule has 0 saturated heterocycles. The number of hydrazone groups is 1. The molecule has 6 N–H and O–H groups in total. The summed E-state index contributed by atoms with van der Waals surface area (Å²) in [5.74, 6) is 5.70. The summed E-state index contributed by atoms with van der Waals surface area (Å²) in [6, 6.07) is 11.2. The molecule has 0 radical (unpaired) electrons. The van der Waals surface area contributed by atoms with Crippen LogP contribution in [0.15, 0.2) is 41.5 Å². The SMILES string of the molecule is Cc1nn(Cc2c(C#N)cccc2CO)c2cc(C(F)(F)/C(=N/N)NN)ccc12. The molecule has 1 aromatic heterocycles. The molecule has 0 bridgehead atoms. The quantitative estimate of drug-likeness (QED) is 0.222. The van der Waals surface area contributed by atoms with Crippen molar-refractivity contribution < 1.29 is 13.9 Å². The van der Waals surface area contributed by atoms with Gasteiger partial charge in [0.05, 0.1) is 36.0 Å². The topological polar surface area (TPSA) is 138 Å². The fraction of sp³-hybridized carbons (Fsp3) is 0.211. The van der Waals surface area contributed by atoms with E-state index in [9.17, 15) is 19.1 Å². The summed E-state index contributed by atoms with van der Waals surface area (Å²) >= 11 is 0. The van der Waals surface area contributed by atoms with Crippen molar-refractivity contribution in [1.82, 2.24) is 15.2 Å². The van der Waals surface area contributed by atoms with Gasteiger partial charge in [-0.05, 0) is 30.2 Å². The third-order valence-corrected chi connectivity index (χ3v) is 4.73. The molecule has 1 heterocycles. The summed E-state index contributed by atoms with van der Waals surface area (Å²) in [5.41, 5.74) is 4.04. The zero-order valence-electron chi connectivity index (χ0n) is 15.5. The summed E-state index contributed by atoms with van der Waals surface area (Å²) in [4.78, 5) is 0. The van der Waals surface area contributed by atoms with E-state index in [1.54, 1.807) is 25.1 Å². The van der Waals surface area contributed by atoms with Gasteiger partial charge in [0.15, 0.2) is 0 Å². The number of aryl methyl sites for hydroxylation is 1. The second kappa shape index (κ2) is 7.83. The fourth-order valence-corrected chi connectivity index (χ4v) is 3.23. The Morgan fingerprint density at radius 2 is 2.14 bits per heavy atom. The highest BCUT2D eigenvalue weighted by atomic mass is 19.3. The molecule has 29 heavy (non-hydrogen) atoms. The molecule has 150 valence electrons. The average molecular weight is 399 g/mol. The van der Waals surface area contributed by atoms with Crippen molar-refractivity contribution in [2.45, 2.75) is 26.0 Å². The van der Waals surface area contributed by atoms with Gasteiger partial charge in [-0.3, -0.25) is 4.68 Å². The van der Waals surface area contributed by atoms with Crippen LogP contribution in [0.2, 0.25) is 0 Å². The highest BCUT2D eigenvalue weighted by molar-refractivity contribution is 5.91. The Bertz CT molecular complexity index is 1130. The average Bonchev–Trinajstić information content (AvgIpc) is 3.03. The normalized spacial score (nSPS) is 12.2. The monoisotopic (exact) mass is 399 g/mol. The summed E-state index contributed by atoms with van der Waals surface area (Å²) in [6.45, 7) is 1.63.